The Morgan fingerprint density at radius 3 is 2.56 bits per heavy atom. The van der Waals surface area contributed by atoms with Gasteiger partial charge in [0.2, 0.25) is 11.9 Å². The van der Waals surface area contributed by atoms with E-state index < -0.39 is 0 Å². The summed E-state index contributed by atoms with van der Waals surface area (Å²) in [4.78, 5) is 29.4. The number of rotatable bonds is 3. The lowest BCUT2D eigenvalue weighted by molar-refractivity contribution is -0.126. The van der Waals surface area contributed by atoms with Crippen LogP contribution >= 0.6 is 11.3 Å². The maximum Gasteiger partial charge on any atom is 0.246 e. The summed E-state index contributed by atoms with van der Waals surface area (Å²) in [5.74, 6) is 0.743. The second-order valence-electron chi connectivity index (χ2n) is 5.71. The van der Waals surface area contributed by atoms with Crippen LogP contribution in [0.1, 0.15) is 5.01 Å². The molecule has 0 N–H and O–H groups in total. The Balaban J connectivity index is 1.37. The van der Waals surface area contributed by atoms with E-state index in [1.54, 1.807) is 41.9 Å². The van der Waals surface area contributed by atoms with E-state index in [4.69, 9.17) is 0 Å². The number of benzene rings is 1. The smallest absolute Gasteiger partial charge is 0.246 e. The number of aromatic nitrogens is 3. The maximum absolute atomic E-state index is 12.4. The van der Waals surface area contributed by atoms with Crippen LogP contribution in [0.2, 0.25) is 0 Å². The number of nitrogens with zero attached hydrogens (tertiary/aromatic N) is 5. The number of piperazine rings is 1. The average Bonchev–Trinajstić information content (AvgIpc) is 3.10. The van der Waals surface area contributed by atoms with Crippen LogP contribution < -0.4 is 4.90 Å². The van der Waals surface area contributed by atoms with Gasteiger partial charge in [0.15, 0.2) is 0 Å². The molecule has 1 aromatic carbocycles. The molecule has 0 spiro atoms. The van der Waals surface area contributed by atoms with Crippen molar-refractivity contribution < 1.29 is 4.79 Å². The minimum absolute atomic E-state index is 0.0212. The second-order valence-corrected chi connectivity index (χ2v) is 6.78. The Morgan fingerprint density at radius 1 is 1.04 bits per heavy atom. The maximum atomic E-state index is 12.4. The minimum Gasteiger partial charge on any atom is -0.337 e. The van der Waals surface area contributed by atoms with Crippen molar-refractivity contribution >= 4 is 39.5 Å². The van der Waals surface area contributed by atoms with Gasteiger partial charge < -0.3 is 9.80 Å². The van der Waals surface area contributed by atoms with E-state index in [2.05, 4.69) is 19.9 Å². The predicted octanol–water partition coefficient (Wildman–Crippen LogP) is 2.45. The number of fused-ring (bicyclic) bond motifs is 1. The summed E-state index contributed by atoms with van der Waals surface area (Å²) in [6.45, 7) is 2.82. The number of hydrogen-bond acceptors (Lipinski definition) is 6. The van der Waals surface area contributed by atoms with Crippen molar-refractivity contribution in [2.45, 2.75) is 0 Å². The molecule has 0 unspecified atom stereocenters. The molecule has 1 aliphatic rings. The normalized spacial score (nSPS) is 15.2. The minimum atomic E-state index is 0.0212. The number of carbonyl (C=O) groups excluding carboxylic acids is 1. The quantitative estimate of drug-likeness (QED) is 0.678. The topological polar surface area (TPSA) is 62.2 Å². The van der Waals surface area contributed by atoms with Gasteiger partial charge in [-0.1, -0.05) is 12.1 Å². The zero-order chi connectivity index (χ0) is 17.1. The Morgan fingerprint density at radius 2 is 1.80 bits per heavy atom. The van der Waals surface area contributed by atoms with E-state index in [0.717, 1.165) is 34.3 Å². The van der Waals surface area contributed by atoms with E-state index in [9.17, 15) is 4.79 Å². The predicted molar refractivity (Wildman–Crippen MR) is 99.5 cm³/mol. The molecule has 1 amide bonds. The van der Waals surface area contributed by atoms with Gasteiger partial charge in [-0.05, 0) is 24.3 Å². The zero-order valence-electron chi connectivity index (χ0n) is 13.6. The Hall–Kier alpha value is -2.80. The van der Waals surface area contributed by atoms with Crippen molar-refractivity contribution in [3.63, 3.8) is 0 Å². The molecule has 1 fully saturated rings. The molecule has 0 atom stereocenters. The monoisotopic (exact) mass is 351 g/mol. The highest BCUT2D eigenvalue weighted by molar-refractivity contribution is 7.19. The number of amides is 1. The van der Waals surface area contributed by atoms with Gasteiger partial charge in [0.1, 0.15) is 5.01 Å². The molecule has 3 heterocycles. The first-order chi connectivity index (χ1) is 12.3. The first kappa shape index (κ1) is 15.7. The summed E-state index contributed by atoms with van der Waals surface area (Å²) in [6, 6.07) is 9.79. The molecule has 126 valence electrons. The number of para-hydroxylation sites is 1. The van der Waals surface area contributed by atoms with Gasteiger partial charge in [0, 0.05) is 44.6 Å². The molecule has 0 bridgehead atoms. The highest BCUT2D eigenvalue weighted by atomic mass is 32.1. The molecular formula is C18H17N5OS. The lowest BCUT2D eigenvalue weighted by atomic mass is 10.3. The van der Waals surface area contributed by atoms with Crippen LogP contribution in [0.3, 0.4) is 0 Å². The molecule has 25 heavy (non-hydrogen) atoms. The Bertz CT molecular complexity index is 867. The summed E-state index contributed by atoms with van der Waals surface area (Å²) >= 11 is 1.59. The van der Waals surface area contributed by atoms with Crippen LogP contribution in [-0.4, -0.2) is 51.9 Å². The molecule has 1 saturated heterocycles. The van der Waals surface area contributed by atoms with Crippen molar-refractivity contribution in [1.29, 1.82) is 0 Å². The molecule has 0 aliphatic carbocycles. The van der Waals surface area contributed by atoms with Crippen LogP contribution in [0.25, 0.3) is 16.3 Å². The summed E-state index contributed by atoms with van der Waals surface area (Å²) in [6.07, 6.45) is 6.90. The largest absolute Gasteiger partial charge is 0.337 e. The van der Waals surface area contributed by atoms with Crippen molar-refractivity contribution in [2.24, 2.45) is 0 Å². The third-order valence-corrected chi connectivity index (χ3v) is 5.11. The third kappa shape index (κ3) is 3.51. The van der Waals surface area contributed by atoms with E-state index in [1.165, 1.54) is 0 Å². The number of hydrogen-bond donors (Lipinski definition) is 0. The van der Waals surface area contributed by atoms with Gasteiger partial charge in [-0.3, -0.25) is 4.79 Å². The Kier molecular flexibility index (Phi) is 4.39. The fraction of sp³-hybridized carbons (Fsp3) is 0.222. The van der Waals surface area contributed by atoms with Crippen molar-refractivity contribution in [1.82, 2.24) is 19.9 Å². The van der Waals surface area contributed by atoms with Crippen molar-refractivity contribution in [3.05, 3.63) is 53.8 Å². The fourth-order valence-electron chi connectivity index (χ4n) is 2.79. The first-order valence-corrected chi connectivity index (χ1v) is 8.96. The average molecular weight is 351 g/mol. The molecule has 1 aliphatic heterocycles. The molecule has 2 aromatic heterocycles. The lowest BCUT2D eigenvalue weighted by Gasteiger charge is -2.34. The summed E-state index contributed by atoms with van der Waals surface area (Å²) in [5, 5.41) is 0.853. The van der Waals surface area contributed by atoms with Gasteiger partial charge in [0.25, 0.3) is 0 Å². The highest BCUT2D eigenvalue weighted by Gasteiger charge is 2.21. The van der Waals surface area contributed by atoms with E-state index in [1.807, 2.05) is 29.2 Å². The molecule has 0 saturated carbocycles. The van der Waals surface area contributed by atoms with Crippen LogP contribution in [0, 0.1) is 0 Å². The highest BCUT2D eigenvalue weighted by Crippen LogP contribution is 2.22. The molecule has 4 rings (SSSR count). The van der Waals surface area contributed by atoms with Crippen LogP contribution in [0.4, 0.5) is 5.95 Å². The van der Waals surface area contributed by atoms with Crippen LogP contribution in [0.5, 0.6) is 0 Å². The van der Waals surface area contributed by atoms with Gasteiger partial charge in [-0.2, -0.15) is 0 Å². The van der Waals surface area contributed by atoms with Gasteiger partial charge in [-0.15, -0.1) is 11.3 Å². The fourth-order valence-corrected chi connectivity index (χ4v) is 3.66. The van der Waals surface area contributed by atoms with Crippen LogP contribution in [0.15, 0.2) is 48.8 Å². The van der Waals surface area contributed by atoms with Gasteiger partial charge in [0.05, 0.1) is 10.2 Å². The standard InChI is InChI=1S/C18H17N5OS/c24-17(7-6-16-21-14-4-1-2-5-15(14)25-16)22-10-12-23(13-11-22)18-19-8-3-9-20-18/h1-9H,10-13H2/b7-6+. The number of anilines is 1. The van der Waals surface area contributed by atoms with E-state index in [0.29, 0.717) is 13.1 Å². The molecule has 6 nitrogen and oxygen atoms in total. The van der Waals surface area contributed by atoms with Gasteiger partial charge in [-0.25, -0.2) is 15.0 Å². The van der Waals surface area contributed by atoms with Crippen molar-refractivity contribution in [2.75, 3.05) is 31.1 Å². The van der Waals surface area contributed by atoms with E-state index >= 15 is 0 Å². The van der Waals surface area contributed by atoms with Crippen molar-refractivity contribution in [3.8, 4) is 0 Å². The van der Waals surface area contributed by atoms with E-state index in [-0.39, 0.29) is 5.91 Å². The first-order valence-electron chi connectivity index (χ1n) is 8.14. The summed E-state index contributed by atoms with van der Waals surface area (Å²) in [5.41, 5.74) is 0.969. The lowest BCUT2D eigenvalue weighted by Crippen LogP contribution is -2.48. The SMILES string of the molecule is O=C(/C=C/c1nc2ccccc2s1)N1CCN(c2ncccn2)CC1. The molecular weight excluding hydrogens is 334 g/mol. The molecule has 7 heteroatoms. The zero-order valence-corrected chi connectivity index (χ0v) is 14.4. The van der Waals surface area contributed by atoms with Crippen LogP contribution in [-0.2, 0) is 4.79 Å². The molecule has 0 radical (unpaired) electrons. The Labute approximate surface area is 149 Å². The third-order valence-electron chi connectivity index (χ3n) is 4.11. The summed E-state index contributed by atoms with van der Waals surface area (Å²) in [7, 11) is 0. The summed E-state index contributed by atoms with van der Waals surface area (Å²) < 4.78 is 1.13. The molecule has 3 aromatic rings. The van der Waals surface area contributed by atoms with Gasteiger partial charge >= 0.3 is 0 Å². The number of thiazole rings is 1. The number of carbonyl (C=O) groups is 1. The second kappa shape index (κ2) is 6.98.